The maximum Gasteiger partial charge on any atom is 0.0424 e. The van der Waals surface area contributed by atoms with Crippen LogP contribution in [0.2, 0.25) is 0 Å². The van der Waals surface area contributed by atoms with Crippen molar-refractivity contribution in [3.63, 3.8) is 0 Å². The largest absolute Gasteiger partial charge is 0.371 e. The van der Waals surface area contributed by atoms with Crippen molar-refractivity contribution in [1.29, 1.82) is 0 Å². The molecule has 0 amide bonds. The third kappa shape index (κ3) is 2.06. The number of rotatable bonds is 1. The van der Waals surface area contributed by atoms with Gasteiger partial charge < -0.3 is 4.90 Å². The third-order valence-corrected chi connectivity index (χ3v) is 4.97. The van der Waals surface area contributed by atoms with Crippen LogP contribution in [0.3, 0.4) is 0 Å². The highest BCUT2D eigenvalue weighted by molar-refractivity contribution is 8.01. The lowest BCUT2D eigenvalue weighted by Gasteiger charge is -2.32. The Balaban J connectivity index is 2.32. The smallest absolute Gasteiger partial charge is 0.0424 e. The van der Waals surface area contributed by atoms with Gasteiger partial charge in [0.25, 0.3) is 0 Å². The van der Waals surface area contributed by atoms with E-state index in [9.17, 15) is 0 Å². The predicted molar refractivity (Wildman–Crippen MR) is 69.2 cm³/mol. The highest BCUT2D eigenvalue weighted by atomic mass is 32.2. The van der Waals surface area contributed by atoms with Crippen molar-refractivity contribution in [2.75, 3.05) is 6.54 Å². The fourth-order valence-electron chi connectivity index (χ4n) is 2.93. The Labute approximate surface area is 98.3 Å². The van der Waals surface area contributed by atoms with E-state index in [2.05, 4.69) is 44.4 Å². The van der Waals surface area contributed by atoms with Gasteiger partial charge in [0.15, 0.2) is 0 Å². The maximum atomic E-state index is 2.66. The van der Waals surface area contributed by atoms with Gasteiger partial charge in [-0.3, -0.25) is 0 Å². The van der Waals surface area contributed by atoms with Gasteiger partial charge in [-0.2, -0.15) is 0 Å². The van der Waals surface area contributed by atoms with E-state index >= 15 is 0 Å². The Morgan fingerprint density at radius 1 is 1.20 bits per heavy atom. The quantitative estimate of drug-likeness (QED) is 0.670. The van der Waals surface area contributed by atoms with E-state index in [1.54, 1.807) is 11.3 Å². The maximum absolute atomic E-state index is 2.66. The summed E-state index contributed by atoms with van der Waals surface area (Å²) in [6, 6.07) is 0.668. The standard InChI is InChI=1S/C13H23NS/c1-9(2)14-8-6-5-7-12-10(3)15-11(4)13(12)14/h9-11H,5-8H2,1-4H3. The van der Waals surface area contributed by atoms with Gasteiger partial charge in [-0.15, -0.1) is 11.8 Å². The van der Waals surface area contributed by atoms with E-state index in [0.717, 1.165) is 10.5 Å². The van der Waals surface area contributed by atoms with Crippen LogP contribution in [-0.4, -0.2) is 28.0 Å². The molecule has 2 atom stereocenters. The molecule has 1 nitrogen and oxygen atoms in total. The van der Waals surface area contributed by atoms with Gasteiger partial charge in [-0.05, 0) is 52.5 Å². The van der Waals surface area contributed by atoms with Gasteiger partial charge in [0.2, 0.25) is 0 Å². The van der Waals surface area contributed by atoms with Crippen LogP contribution in [0.4, 0.5) is 0 Å². The van der Waals surface area contributed by atoms with Crippen molar-refractivity contribution in [3.05, 3.63) is 11.3 Å². The molecule has 86 valence electrons. The Hall–Kier alpha value is -0.110. The van der Waals surface area contributed by atoms with Crippen LogP contribution >= 0.6 is 11.8 Å². The van der Waals surface area contributed by atoms with Crippen LogP contribution in [-0.2, 0) is 0 Å². The molecule has 2 heterocycles. The highest BCUT2D eigenvalue weighted by Crippen LogP contribution is 2.43. The van der Waals surface area contributed by atoms with Gasteiger partial charge in [0, 0.05) is 28.8 Å². The molecule has 0 aromatic rings. The predicted octanol–water partition coefficient (Wildman–Crippen LogP) is 3.66. The Bertz CT molecular complexity index is 270. The molecule has 0 spiro atoms. The summed E-state index contributed by atoms with van der Waals surface area (Å²) in [5.41, 5.74) is 3.43. The lowest BCUT2D eigenvalue weighted by atomic mass is 10.0. The second-order valence-electron chi connectivity index (χ2n) is 5.08. The van der Waals surface area contributed by atoms with Crippen molar-refractivity contribution in [2.45, 2.75) is 63.5 Å². The monoisotopic (exact) mass is 225 g/mol. The normalized spacial score (nSPS) is 32.2. The van der Waals surface area contributed by atoms with Crippen molar-refractivity contribution in [2.24, 2.45) is 0 Å². The molecule has 2 rings (SSSR count). The first-order chi connectivity index (χ1) is 7.11. The van der Waals surface area contributed by atoms with Crippen LogP contribution in [0.25, 0.3) is 0 Å². The summed E-state index contributed by atoms with van der Waals surface area (Å²) in [6.45, 7) is 10.7. The Morgan fingerprint density at radius 3 is 2.60 bits per heavy atom. The number of hydrogen-bond acceptors (Lipinski definition) is 2. The Kier molecular flexibility index (Phi) is 3.34. The molecule has 0 saturated heterocycles. The van der Waals surface area contributed by atoms with E-state index in [0.29, 0.717) is 6.04 Å². The second-order valence-corrected chi connectivity index (χ2v) is 6.76. The zero-order chi connectivity index (χ0) is 11.0. The summed E-state index contributed by atoms with van der Waals surface area (Å²) in [7, 11) is 0. The molecule has 0 saturated carbocycles. The van der Waals surface area contributed by atoms with E-state index in [1.807, 2.05) is 0 Å². The van der Waals surface area contributed by atoms with Crippen LogP contribution in [0, 0.1) is 0 Å². The van der Waals surface area contributed by atoms with E-state index < -0.39 is 0 Å². The molecular weight excluding hydrogens is 202 g/mol. The lowest BCUT2D eigenvalue weighted by molar-refractivity contribution is 0.278. The summed E-state index contributed by atoms with van der Waals surface area (Å²) in [6.07, 6.45) is 4.10. The summed E-state index contributed by atoms with van der Waals surface area (Å²) >= 11 is 2.14. The fourth-order valence-corrected chi connectivity index (χ4v) is 4.36. The lowest BCUT2D eigenvalue weighted by Crippen LogP contribution is -2.33. The summed E-state index contributed by atoms with van der Waals surface area (Å²) in [5.74, 6) is 0. The molecule has 0 fully saturated rings. The van der Waals surface area contributed by atoms with Gasteiger partial charge in [-0.1, -0.05) is 0 Å². The first kappa shape index (κ1) is 11.4. The van der Waals surface area contributed by atoms with Crippen molar-refractivity contribution in [1.82, 2.24) is 4.90 Å². The molecule has 0 aliphatic carbocycles. The molecular formula is C13H23NS. The van der Waals surface area contributed by atoms with Crippen LogP contribution < -0.4 is 0 Å². The average Bonchev–Trinajstić information content (AvgIpc) is 2.40. The van der Waals surface area contributed by atoms with Crippen molar-refractivity contribution in [3.8, 4) is 0 Å². The van der Waals surface area contributed by atoms with Gasteiger partial charge in [0.1, 0.15) is 0 Å². The number of thioether (sulfide) groups is 1. The van der Waals surface area contributed by atoms with E-state index in [4.69, 9.17) is 0 Å². The minimum atomic E-state index is 0.668. The summed E-state index contributed by atoms with van der Waals surface area (Å²) < 4.78 is 0. The zero-order valence-electron chi connectivity index (χ0n) is 10.4. The fraction of sp³-hybridized carbons (Fsp3) is 0.846. The molecule has 0 radical (unpaired) electrons. The SMILES string of the molecule is CC1SC(C)C2=C1CCCCN2C(C)C. The minimum Gasteiger partial charge on any atom is -0.371 e. The first-order valence-electron chi connectivity index (χ1n) is 6.26. The van der Waals surface area contributed by atoms with Crippen LogP contribution in [0.5, 0.6) is 0 Å². The van der Waals surface area contributed by atoms with Crippen LogP contribution in [0.1, 0.15) is 47.0 Å². The highest BCUT2D eigenvalue weighted by Gasteiger charge is 2.33. The molecule has 0 aromatic heterocycles. The average molecular weight is 225 g/mol. The van der Waals surface area contributed by atoms with Crippen LogP contribution in [0.15, 0.2) is 11.3 Å². The Morgan fingerprint density at radius 2 is 1.93 bits per heavy atom. The van der Waals surface area contributed by atoms with Gasteiger partial charge >= 0.3 is 0 Å². The molecule has 15 heavy (non-hydrogen) atoms. The molecule has 0 bridgehead atoms. The topological polar surface area (TPSA) is 3.24 Å². The zero-order valence-corrected chi connectivity index (χ0v) is 11.2. The molecule has 2 heteroatoms. The molecule has 2 aliphatic heterocycles. The van der Waals surface area contributed by atoms with E-state index in [-0.39, 0.29) is 0 Å². The molecule has 0 aromatic carbocycles. The third-order valence-electron chi connectivity index (χ3n) is 3.64. The minimum absolute atomic E-state index is 0.668. The van der Waals surface area contributed by atoms with Gasteiger partial charge in [0.05, 0.1) is 0 Å². The first-order valence-corrected chi connectivity index (χ1v) is 7.20. The molecule has 2 unspecified atom stereocenters. The second kappa shape index (κ2) is 4.40. The summed E-state index contributed by atoms with van der Waals surface area (Å²) in [4.78, 5) is 2.66. The summed E-state index contributed by atoms with van der Waals surface area (Å²) in [5, 5.41) is 1.48. The molecule has 0 N–H and O–H groups in total. The van der Waals surface area contributed by atoms with Gasteiger partial charge in [-0.25, -0.2) is 0 Å². The molecule has 2 aliphatic rings. The van der Waals surface area contributed by atoms with Crippen molar-refractivity contribution < 1.29 is 0 Å². The van der Waals surface area contributed by atoms with Crippen molar-refractivity contribution >= 4 is 11.8 Å². The number of hydrogen-bond donors (Lipinski definition) is 0. The number of nitrogens with zero attached hydrogens (tertiary/aromatic N) is 1. The van der Waals surface area contributed by atoms with E-state index in [1.165, 1.54) is 25.8 Å².